The molecule has 0 saturated heterocycles. The lowest BCUT2D eigenvalue weighted by Crippen LogP contribution is -2.29. The van der Waals surface area contributed by atoms with E-state index in [0.717, 1.165) is 31.1 Å². The summed E-state index contributed by atoms with van der Waals surface area (Å²) in [4.78, 5) is 8.17. The van der Waals surface area contributed by atoms with Crippen LogP contribution < -0.4 is 5.32 Å². The van der Waals surface area contributed by atoms with E-state index in [9.17, 15) is 0 Å². The number of aromatic nitrogens is 2. The smallest absolute Gasteiger partial charge is 0.123 e. The van der Waals surface area contributed by atoms with Crippen LogP contribution in [0.4, 0.5) is 0 Å². The Hall–Kier alpha value is -0.830. The van der Waals surface area contributed by atoms with Gasteiger partial charge in [-0.05, 0) is 45.1 Å². The molecule has 1 saturated carbocycles. The zero-order valence-corrected chi connectivity index (χ0v) is 11.3. The van der Waals surface area contributed by atoms with Crippen molar-refractivity contribution >= 4 is 0 Å². The Balaban J connectivity index is 1.92. The summed E-state index contributed by atoms with van der Waals surface area (Å²) in [6.45, 7) is 7.70. The molecule has 3 heteroatoms. The van der Waals surface area contributed by atoms with Crippen LogP contribution in [0.1, 0.15) is 63.3 Å². The minimum atomic E-state index is 0.348. The SMILES string of the molecule is CCc1nc(C(C)NCC2CCC2)[nH]c1CC. The van der Waals surface area contributed by atoms with Crippen molar-refractivity contribution in [1.29, 1.82) is 0 Å². The van der Waals surface area contributed by atoms with Crippen LogP contribution in [0.3, 0.4) is 0 Å². The van der Waals surface area contributed by atoms with Crippen LogP contribution in [0.15, 0.2) is 0 Å². The van der Waals surface area contributed by atoms with Crippen LogP contribution in [0.25, 0.3) is 0 Å². The second-order valence-corrected chi connectivity index (χ2v) is 5.18. The van der Waals surface area contributed by atoms with E-state index < -0.39 is 0 Å². The fourth-order valence-corrected chi connectivity index (χ4v) is 2.39. The highest BCUT2D eigenvalue weighted by atomic mass is 15.0. The molecule has 0 aliphatic heterocycles. The maximum atomic E-state index is 4.70. The Morgan fingerprint density at radius 2 is 2.12 bits per heavy atom. The lowest BCUT2D eigenvalue weighted by molar-refractivity contribution is 0.291. The van der Waals surface area contributed by atoms with Gasteiger partial charge in [0.05, 0.1) is 11.7 Å². The van der Waals surface area contributed by atoms with E-state index in [0.29, 0.717) is 6.04 Å². The number of aryl methyl sites for hydroxylation is 2. The quantitative estimate of drug-likeness (QED) is 0.796. The fourth-order valence-electron chi connectivity index (χ4n) is 2.39. The molecular formula is C14H25N3. The molecule has 2 N–H and O–H groups in total. The molecule has 3 nitrogen and oxygen atoms in total. The molecule has 1 aliphatic rings. The fraction of sp³-hybridized carbons (Fsp3) is 0.786. The number of hydrogen-bond donors (Lipinski definition) is 2. The van der Waals surface area contributed by atoms with Crippen molar-refractivity contribution in [3.63, 3.8) is 0 Å². The predicted octanol–water partition coefficient (Wildman–Crippen LogP) is 2.99. The molecule has 0 spiro atoms. The molecule has 0 bridgehead atoms. The minimum absolute atomic E-state index is 0.348. The molecule has 96 valence electrons. The summed E-state index contributed by atoms with van der Waals surface area (Å²) in [5.41, 5.74) is 2.54. The molecular weight excluding hydrogens is 210 g/mol. The third-order valence-corrected chi connectivity index (χ3v) is 3.92. The summed E-state index contributed by atoms with van der Waals surface area (Å²) in [5, 5.41) is 3.60. The van der Waals surface area contributed by atoms with Crippen LogP contribution in [0.2, 0.25) is 0 Å². The highest BCUT2D eigenvalue weighted by molar-refractivity contribution is 5.16. The average Bonchev–Trinajstić information content (AvgIpc) is 2.69. The molecule has 1 atom stereocenters. The first kappa shape index (κ1) is 12.6. The van der Waals surface area contributed by atoms with Gasteiger partial charge < -0.3 is 10.3 Å². The number of H-pyrrole nitrogens is 1. The molecule has 1 aromatic heterocycles. The van der Waals surface area contributed by atoms with Gasteiger partial charge in [0.15, 0.2) is 0 Å². The van der Waals surface area contributed by atoms with Crippen LogP contribution in [0.5, 0.6) is 0 Å². The first-order valence-corrected chi connectivity index (χ1v) is 7.05. The number of rotatable bonds is 6. The van der Waals surface area contributed by atoms with E-state index in [1.54, 1.807) is 0 Å². The van der Waals surface area contributed by atoms with Crippen LogP contribution in [-0.4, -0.2) is 16.5 Å². The molecule has 0 amide bonds. The molecule has 1 heterocycles. The van der Waals surface area contributed by atoms with Crippen molar-refractivity contribution in [2.24, 2.45) is 5.92 Å². The van der Waals surface area contributed by atoms with E-state index in [2.05, 4.69) is 31.1 Å². The van der Waals surface area contributed by atoms with Crippen molar-refractivity contribution < 1.29 is 0 Å². The first-order chi connectivity index (χ1) is 8.24. The number of aromatic amines is 1. The number of nitrogens with zero attached hydrogens (tertiary/aromatic N) is 1. The molecule has 1 unspecified atom stereocenters. The van der Waals surface area contributed by atoms with Gasteiger partial charge in [0, 0.05) is 5.69 Å². The summed E-state index contributed by atoms with van der Waals surface area (Å²) in [7, 11) is 0. The zero-order chi connectivity index (χ0) is 12.3. The van der Waals surface area contributed by atoms with Crippen LogP contribution in [-0.2, 0) is 12.8 Å². The van der Waals surface area contributed by atoms with E-state index in [4.69, 9.17) is 4.98 Å². The van der Waals surface area contributed by atoms with Gasteiger partial charge in [0.2, 0.25) is 0 Å². The second kappa shape index (κ2) is 5.67. The summed E-state index contributed by atoms with van der Waals surface area (Å²) >= 11 is 0. The summed E-state index contributed by atoms with van der Waals surface area (Å²) < 4.78 is 0. The molecule has 1 fully saturated rings. The Labute approximate surface area is 104 Å². The minimum Gasteiger partial charge on any atom is -0.344 e. The van der Waals surface area contributed by atoms with Crippen molar-refractivity contribution in [1.82, 2.24) is 15.3 Å². The van der Waals surface area contributed by atoms with Gasteiger partial charge >= 0.3 is 0 Å². The Bertz CT molecular complexity index is 331. The van der Waals surface area contributed by atoms with Crippen LogP contribution in [0, 0.1) is 5.92 Å². The number of imidazole rings is 1. The molecule has 1 aromatic rings. The Kier molecular flexibility index (Phi) is 4.21. The topological polar surface area (TPSA) is 40.7 Å². The van der Waals surface area contributed by atoms with Gasteiger partial charge in [-0.3, -0.25) is 0 Å². The zero-order valence-electron chi connectivity index (χ0n) is 11.3. The highest BCUT2D eigenvalue weighted by Crippen LogP contribution is 2.26. The standard InChI is InChI=1S/C14H25N3/c1-4-12-13(5-2)17-14(16-12)10(3)15-9-11-7-6-8-11/h10-11,15H,4-9H2,1-3H3,(H,16,17). The van der Waals surface area contributed by atoms with Crippen molar-refractivity contribution in [2.75, 3.05) is 6.54 Å². The normalized spacial score (nSPS) is 18.1. The summed E-state index contributed by atoms with van der Waals surface area (Å²) in [6.07, 6.45) is 6.29. The molecule has 0 aromatic carbocycles. The highest BCUT2D eigenvalue weighted by Gasteiger charge is 2.19. The maximum absolute atomic E-state index is 4.70. The number of hydrogen-bond acceptors (Lipinski definition) is 2. The lowest BCUT2D eigenvalue weighted by Gasteiger charge is -2.26. The van der Waals surface area contributed by atoms with Gasteiger partial charge in [-0.1, -0.05) is 20.3 Å². The molecule has 1 aliphatic carbocycles. The van der Waals surface area contributed by atoms with Gasteiger partial charge in [-0.2, -0.15) is 0 Å². The largest absolute Gasteiger partial charge is 0.344 e. The molecule has 0 radical (unpaired) electrons. The third-order valence-electron chi connectivity index (χ3n) is 3.92. The van der Waals surface area contributed by atoms with Crippen molar-refractivity contribution in [3.05, 3.63) is 17.2 Å². The lowest BCUT2D eigenvalue weighted by atomic mass is 9.85. The Morgan fingerprint density at radius 1 is 1.35 bits per heavy atom. The van der Waals surface area contributed by atoms with E-state index >= 15 is 0 Å². The second-order valence-electron chi connectivity index (χ2n) is 5.18. The summed E-state index contributed by atoms with van der Waals surface area (Å²) in [5.74, 6) is 2.02. The van der Waals surface area contributed by atoms with Crippen LogP contribution >= 0.6 is 0 Å². The van der Waals surface area contributed by atoms with E-state index in [1.807, 2.05) is 0 Å². The first-order valence-electron chi connectivity index (χ1n) is 7.05. The van der Waals surface area contributed by atoms with E-state index in [-0.39, 0.29) is 0 Å². The predicted molar refractivity (Wildman–Crippen MR) is 71.1 cm³/mol. The van der Waals surface area contributed by atoms with Crippen molar-refractivity contribution in [2.45, 2.75) is 58.9 Å². The molecule has 17 heavy (non-hydrogen) atoms. The monoisotopic (exact) mass is 235 g/mol. The summed E-state index contributed by atoms with van der Waals surface area (Å²) in [6, 6.07) is 0.348. The van der Waals surface area contributed by atoms with Gasteiger partial charge in [-0.15, -0.1) is 0 Å². The van der Waals surface area contributed by atoms with Gasteiger partial charge in [-0.25, -0.2) is 4.98 Å². The van der Waals surface area contributed by atoms with Gasteiger partial charge in [0.25, 0.3) is 0 Å². The van der Waals surface area contributed by atoms with E-state index in [1.165, 1.54) is 30.7 Å². The molecule has 2 rings (SSSR count). The maximum Gasteiger partial charge on any atom is 0.123 e. The number of nitrogens with one attached hydrogen (secondary N) is 2. The third kappa shape index (κ3) is 2.89. The van der Waals surface area contributed by atoms with Crippen molar-refractivity contribution in [3.8, 4) is 0 Å². The average molecular weight is 235 g/mol. The Morgan fingerprint density at radius 3 is 2.59 bits per heavy atom. The van der Waals surface area contributed by atoms with Gasteiger partial charge in [0.1, 0.15) is 5.82 Å².